The highest BCUT2D eigenvalue weighted by Gasteiger charge is 1.95. The van der Waals surface area contributed by atoms with Gasteiger partial charge in [0.1, 0.15) is 6.29 Å². The monoisotopic (exact) mass is 168 g/mol. The zero-order chi connectivity index (χ0) is 9.23. The van der Waals surface area contributed by atoms with Gasteiger partial charge in [-0.15, -0.1) is 0 Å². The first-order chi connectivity index (χ1) is 5.93. The van der Waals surface area contributed by atoms with Gasteiger partial charge in [0.2, 0.25) is 0 Å². The van der Waals surface area contributed by atoms with Crippen molar-refractivity contribution in [1.29, 1.82) is 0 Å². The first-order valence-electron chi connectivity index (χ1n) is 4.17. The maximum absolute atomic E-state index is 10.00. The number of carbonyl (C=O) groups excluding carboxylic acids is 1. The summed E-state index contributed by atoms with van der Waals surface area (Å²) in [5.41, 5.74) is 1.32. The zero-order valence-corrected chi connectivity index (χ0v) is 7.49. The molecule has 0 unspecified atom stereocenters. The molecule has 0 atom stereocenters. The van der Waals surface area contributed by atoms with E-state index in [0.717, 1.165) is 32.7 Å². The van der Waals surface area contributed by atoms with Crippen LogP contribution < -0.4 is 0 Å². The standard InChI is InChI=1S/C9H12O.CH4O/c10-8-4-7-9-5-2-1-3-6-9;1-2/h2,5-6,8H,1,3-4,7H2;2H,1H3. The van der Waals surface area contributed by atoms with Crippen molar-refractivity contribution in [1.82, 2.24) is 0 Å². The molecule has 2 nitrogen and oxygen atoms in total. The normalized spacial score (nSPS) is 14.3. The van der Waals surface area contributed by atoms with Crippen LogP contribution in [0.3, 0.4) is 0 Å². The summed E-state index contributed by atoms with van der Waals surface area (Å²) in [6.45, 7) is 0. The van der Waals surface area contributed by atoms with Crippen molar-refractivity contribution in [2.24, 2.45) is 0 Å². The summed E-state index contributed by atoms with van der Waals surface area (Å²) in [5, 5.41) is 7.00. The van der Waals surface area contributed by atoms with Crippen molar-refractivity contribution in [3.05, 3.63) is 23.8 Å². The molecule has 0 aromatic heterocycles. The molecular formula is C10H16O2. The minimum absolute atomic E-state index is 0.663. The van der Waals surface area contributed by atoms with E-state index in [1.807, 2.05) is 0 Å². The summed E-state index contributed by atoms with van der Waals surface area (Å²) >= 11 is 0. The molecule has 0 spiro atoms. The van der Waals surface area contributed by atoms with E-state index in [-0.39, 0.29) is 0 Å². The highest BCUT2D eigenvalue weighted by atomic mass is 16.2. The number of aldehydes is 1. The quantitative estimate of drug-likeness (QED) is 0.653. The molecule has 1 aliphatic rings. The average molecular weight is 168 g/mol. The SMILES string of the molecule is CO.O=CCCC1=CCCC=C1. The molecule has 0 amide bonds. The Morgan fingerprint density at radius 3 is 2.75 bits per heavy atom. The van der Waals surface area contributed by atoms with Gasteiger partial charge in [-0.2, -0.15) is 0 Å². The van der Waals surface area contributed by atoms with Gasteiger partial charge in [-0.05, 0) is 19.3 Å². The topological polar surface area (TPSA) is 37.3 Å². The molecule has 0 fully saturated rings. The fourth-order valence-corrected chi connectivity index (χ4v) is 1.08. The van der Waals surface area contributed by atoms with Crippen LogP contribution in [0.2, 0.25) is 0 Å². The van der Waals surface area contributed by atoms with Crippen LogP contribution in [0.25, 0.3) is 0 Å². The molecule has 12 heavy (non-hydrogen) atoms. The lowest BCUT2D eigenvalue weighted by Crippen LogP contribution is -1.85. The Hall–Kier alpha value is -0.890. The van der Waals surface area contributed by atoms with E-state index in [4.69, 9.17) is 5.11 Å². The predicted molar refractivity (Wildman–Crippen MR) is 49.9 cm³/mol. The number of hydrogen-bond donors (Lipinski definition) is 1. The van der Waals surface area contributed by atoms with Crippen molar-refractivity contribution < 1.29 is 9.90 Å². The Morgan fingerprint density at radius 1 is 1.50 bits per heavy atom. The number of aliphatic hydroxyl groups excluding tert-OH is 1. The molecule has 2 heteroatoms. The number of aliphatic hydroxyl groups is 1. The van der Waals surface area contributed by atoms with Crippen LogP contribution >= 0.6 is 0 Å². The Morgan fingerprint density at radius 2 is 2.25 bits per heavy atom. The lowest BCUT2D eigenvalue weighted by atomic mass is 10.0. The lowest BCUT2D eigenvalue weighted by molar-refractivity contribution is -0.107. The fourth-order valence-electron chi connectivity index (χ4n) is 1.08. The fraction of sp³-hybridized carbons (Fsp3) is 0.500. The predicted octanol–water partition coefficient (Wildman–Crippen LogP) is 1.85. The van der Waals surface area contributed by atoms with E-state index >= 15 is 0 Å². The second-order valence-corrected chi connectivity index (χ2v) is 2.46. The number of rotatable bonds is 3. The molecule has 0 aromatic rings. The van der Waals surface area contributed by atoms with Crippen LogP contribution in [0.4, 0.5) is 0 Å². The van der Waals surface area contributed by atoms with E-state index in [9.17, 15) is 4.79 Å². The first-order valence-corrected chi connectivity index (χ1v) is 4.17. The molecule has 0 aromatic carbocycles. The highest BCUT2D eigenvalue weighted by Crippen LogP contribution is 2.13. The highest BCUT2D eigenvalue weighted by molar-refractivity contribution is 5.50. The van der Waals surface area contributed by atoms with Crippen LogP contribution in [0.15, 0.2) is 23.8 Å². The van der Waals surface area contributed by atoms with Gasteiger partial charge in [0.15, 0.2) is 0 Å². The third kappa shape index (κ3) is 4.85. The summed E-state index contributed by atoms with van der Waals surface area (Å²) in [7, 11) is 1.00. The third-order valence-corrected chi connectivity index (χ3v) is 1.62. The minimum atomic E-state index is 0.663. The molecule has 1 N–H and O–H groups in total. The molecule has 0 aliphatic heterocycles. The number of carbonyl (C=O) groups is 1. The summed E-state index contributed by atoms with van der Waals surface area (Å²) in [6, 6.07) is 0. The van der Waals surface area contributed by atoms with E-state index in [1.165, 1.54) is 5.57 Å². The summed E-state index contributed by atoms with van der Waals surface area (Å²) in [5.74, 6) is 0. The molecule has 1 aliphatic carbocycles. The van der Waals surface area contributed by atoms with E-state index in [1.54, 1.807) is 0 Å². The van der Waals surface area contributed by atoms with Crippen LogP contribution in [-0.2, 0) is 4.79 Å². The van der Waals surface area contributed by atoms with Gasteiger partial charge < -0.3 is 9.90 Å². The van der Waals surface area contributed by atoms with Crippen LogP contribution in [0.1, 0.15) is 25.7 Å². The molecule has 0 radical (unpaired) electrons. The van der Waals surface area contributed by atoms with Crippen molar-refractivity contribution in [2.45, 2.75) is 25.7 Å². The molecule has 0 heterocycles. The Labute approximate surface area is 73.6 Å². The van der Waals surface area contributed by atoms with Crippen molar-refractivity contribution in [2.75, 3.05) is 7.11 Å². The molecular weight excluding hydrogens is 152 g/mol. The molecule has 68 valence electrons. The largest absolute Gasteiger partial charge is 0.400 e. The Kier molecular flexibility index (Phi) is 7.60. The number of hydrogen-bond acceptors (Lipinski definition) is 2. The van der Waals surface area contributed by atoms with Crippen molar-refractivity contribution in [3.8, 4) is 0 Å². The van der Waals surface area contributed by atoms with E-state index in [0.29, 0.717) is 6.42 Å². The van der Waals surface area contributed by atoms with Crippen LogP contribution in [0.5, 0.6) is 0 Å². The first kappa shape index (κ1) is 11.1. The summed E-state index contributed by atoms with van der Waals surface area (Å²) < 4.78 is 0. The maximum Gasteiger partial charge on any atom is 0.120 e. The minimum Gasteiger partial charge on any atom is -0.400 e. The van der Waals surface area contributed by atoms with Crippen molar-refractivity contribution in [3.63, 3.8) is 0 Å². The molecule has 0 saturated heterocycles. The summed E-state index contributed by atoms with van der Waals surface area (Å²) in [6.07, 6.45) is 11.4. The number of allylic oxidation sites excluding steroid dienone is 4. The smallest absolute Gasteiger partial charge is 0.120 e. The summed E-state index contributed by atoms with van der Waals surface area (Å²) in [4.78, 5) is 10.00. The third-order valence-electron chi connectivity index (χ3n) is 1.62. The molecule has 0 saturated carbocycles. The van der Waals surface area contributed by atoms with Gasteiger partial charge in [-0.1, -0.05) is 23.8 Å². The van der Waals surface area contributed by atoms with Gasteiger partial charge in [0.25, 0.3) is 0 Å². The molecule has 1 rings (SSSR count). The van der Waals surface area contributed by atoms with E-state index in [2.05, 4.69) is 18.2 Å². The maximum atomic E-state index is 10.00. The van der Waals surface area contributed by atoms with Crippen LogP contribution in [-0.4, -0.2) is 18.5 Å². The van der Waals surface area contributed by atoms with Gasteiger partial charge in [0, 0.05) is 13.5 Å². The Bertz CT molecular complexity index is 169. The lowest BCUT2D eigenvalue weighted by Gasteiger charge is -2.02. The second-order valence-electron chi connectivity index (χ2n) is 2.46. The van der Waals surface area contributed by atoms with Gasteiger partial charge in [0.05, 0.1) is 0 Å². The zero-order valence-electron chi connectivity index (χ0n) is 7.49. The molecule has 0 bridgehead atoms. The van der Waals surface area contributed by atoms with Gasteiger partial charge >= 0.3 is 0 Å². The van der Waals surface area contributed by atoms with E-state index < -0.39 is 0 Å². The van der Waals surface area contributed by atoms with Crippen LogP contribution in [0, 0.1) is 0 Å². The average Bonchev–Trinajstić information content (AvgIpc) is 2.19. The second kappa shape index (κ2) is 8.21. The van der Waals surface area contributed by atoms with Crippen molar-refractivity contribution >= 4 is 6.29 Å². The van der Waals surface area contributed by atoms with Gasteiger partial charge in [-0.3, -0.25) is 0 Å². The Balaban J connectivity index is 0.000000561. The van der Waals surface area contributed by atoms with Gasteiger partial charge in [-0.25, -0.2) is 0 Å².